The number of ether oxygens (including phenoxy) is 1. The highest BCUT2D eigenvalue weighted by atomic mass is 16.5. The Labute approximate surface area is 159 Å². The van der Waals surface area contributed by atoms with Gasteiger partial charge in [0.25, 0.3) is 0 Å². The first-order chi connectivity index (χ1) is 12.8. The highest BCUT2D eigenvalue weighted by Crippen LogP contribution is 2.34. The number of amides is 1. The number of aryl methyl sites for hydroxylation is 2. The van der Waals surface area contributed by atoms with Crippen molar-refractivity contribution in [1.82, 2.24) is 20.3 Å². The molecule has 8 nitrogen and oxygen atoms in total. The van der Waals surface area contributed by atoms with E-state index < -0.39 is 5.72 Å². The molecular weight excluding hydrogens is 344 g/mol. The van der Waals surface area contributed by atoms with E-state index in [9.17, 15) is 4.79 Å². The molecule has 0 radical (unpaired) electrons. The van der Waals surface area contributed by atoms with Gasteiger partial charge in [-0.3, -0.25) is 9.78 Å². The second-order valence-corrected chi connectivity index (χ2v) is 7.12. The molecule has 144 valence electrons. The topological polar surface area (TPSA) is 106 Å². The Morgan fingerprint density at radius 1 is 1.37 bits per heavy atom. The highest BCUT2D eigenvalue weighted by molar-refractivity contribution is 5.73. The second-order valence-electron chi connectivity index (χ2n) is 7.12. The maximum Gasteiger partial charge on any atom is 0.319 e. The van der Waals surface area contributed by atoms with E-state index >= 15 is 0 Å². The number of carbonyl (C=O) groups is 1. The summed E-state index contributed by atoms with van der Waals surface area (Å²) in [6.07, 6.45) is 4.95. The third kappa shape index (κ3) is 4.10. The number of aromatic nitrogens is 3. The third-order valence-corrected chi connectivity index (χ3v) is 4.88. The van der Waals surface area contributed by atoms with Crippen molar-refractivity contribution in [2.45, 2.75) is 52.3 Å². The number of carbonyl (C=O) groups excluding carboxylic acids is 1. The lowest BCUT2D eigenvalue weighted by molar-refractivity contribution is -0.120. The summed E-state index contributed by atoms with van der Waals surface area (Å²) in [6.45, 7) is 7.89. The van der Waals surface area contributed by atoms with Gasteiger partial charge in [-0.25, -0.2) is 0 Å². The van der Waals surface area contributed by atoms with Crippen LogP contribution >= 0.6 is 0 Å². The number of rotatable bonds is 4. The Hall–Kier alpha value is -2.90. The molecule has 0 aromatic carbocycles. The van der Waals surface area contributed by atoms with Gasteiger partial charge in [0, 0.05) is 32.1 Å². The molecule has 3 rings (SSSR count). The molecule has 1 fully saturated rings. The minimum atomic E-state index is -0.747. The van der Waals surface area contributed by atoms with Crippen LogP contribution in [0.3, 0.4) is 0 Å². The van der Waals surface area contributed by atoms with Gasteiger partial charge in [0.05, 0.1) is 29.0 Å². The molecule has 1 amide bonds. The predicted octanol–water partition coefficient (Wildman–Crippen LogP) is 1.97. The summed E-state index contributed by atoms with van der Waals surface area (Å²) in [6, 6.07) is 4.17. The molecule has 0 bridgehead atoms. The number of piperidine rings is 1. The Morgan fingerprint density at radius 2 is 2.07 bits per heavy atom. The molecular formula is C19H26N6O2. The quantitative estimate of drug-likeness (QED) is 0.847. The Bertz CT molecular complexity index is 805. The van der Waals surface area contributed by atoms with E-state index in [0.29, 0.717) is 30.0 Å². The van der Waals surface area contributed by atoms with Gasteiger partial charge in [-0.1, -0.05) is 0 Å². The van der Waals surface area contributed by atoms with Crippen LogP contribution in [0.1, 0.15) is 38.1 Å². The van der Waals surface area contributed by atoms with Crippen LogP contribution < -0.4 is 20.7 Å². The summed E-state index contributed by atoms with van der Waals surface area (Å²) in [5.41, 5.74) is 8.10. The molecule has 27 heavy (non-hydrogen) atoms. The van der Waals surface area contributed by atoms with Gasteiger partial charge < -0.3 is 20.7 Å². The van der Waals surface area contributed by atoms with E-state index in [4.69, 9.17) is 10.5 Å². The standard InChI is InChI=1S/C19H26N6O2/c1-12-17(20)13(2)23-18(22-12)27-19(4)10-15(24-14(3)26)7-9-25(19)16-6-5-8-21-11-16/h5-6,8,11,15H,7,9-10,20H2,1-4H3,(H,24,26). The van der Waals surface area contributed by atoms with Crippen LogP contribution in [0, 0.1) is 13.8 Å². The first-order valence-electron chi connectivity index (χ1n) is 9.03. The van der Waals surface area contributed by atoms with Crippen molar-refractivity contribution in [3.63, 3.8) is 0 Å². The monoisotopic (exact) mass is 370 g/mol. The van der Waals surface area contributed by atoms with Crippen molar-refractivity contribution in [3.8, 4) is 6.01 Å². The van der Waals surface area contributed by atoms with Crippen molar-refractivity contribution in [3.05, 3.63) is 35.9 Å². The maximum atomic E-state index is 11.5. The average molecular weight is 370 g/mol. The Kier molecular flexibility index (Phi) is 5.16. The number of hydrogen-bond donors (Lipinski definition) is 2. The summed E-state index contributed by atoms with van der Waals surface area (Å²) < 4.78 is 6.31. The minimum Gasteiger partial charge on any atom is -0.437 e. The van der Waals surface area contributed by atoms with Gasteiger partial charge in [0.2, 0.25) is 5.91 Å². The normalized spacial score (nSPS) is 22.4. The van der Waals surface area contributed by atoms with Crippen LogP contribution in [0.25, 0.3) is 0 Å². The van der Waals surface area contributed by atoms with Gasteiger partial charge in [0.1, 0.15) is 0 Å². The molecule has 0 saturated carbocycles. The van der Waals surface area contributed by atoms with Crippen LogP contribution in [0.2, 0.25) is 0 Å². The van der Waals surface area contributed by atoms with Gasteiger partial charge in [-0.15, -0.1) is 0 Å². The van der Waals surface area contributed by atoms with E-state index in [2.05, 4.69) is 25.2 Å². The lowest BCUT2D eigenvalue weighted by atomic mass is 9.94. The second kappa shape index (κ2) is 7.38. The fourth-order valence-electron chi connectivity index (χ4n) is 3.55. The smallest absolute Gasteiger partial charge is 0.319 e. The SMILES string of the molecule is CC(=O)NC1CCN(c2cccnc2)C(C)(Oc2nc(C)c(N)c(C)n2)C1. The molecule has 1 aliphatic rings. The number of pyridine rings is 1. The lowest BCUT2D eigenvalue weighted by Gasteiger charge is -2.47. The first kappa shape index (κ1) is 18.9. The molecule has 3 N–H and O–H groups in total. The zero-order chi connectivity index (χ0) is 19.6. The van der Waals surface area contributed by atoms with Gasteiger partial charge in [-0.2, -0.15) is 9.97 Å². The molecule has 0 spiro atoms. The molecule has 1 saturated heterocycles. The van der Waals surface area contributed by atoms with Crippen molar-refractivity contribution in [1.29, 1.82) is 0 Å². The first-order valence-corrected chi connectivity index (χ1v) is 9.03. The summed E-state index contributed by atoms with van der Waals surface area (Å²) in [7, 11) is 0. The van der Waals surface area contributed by atoms with E-state index in [-0.39, 0.29) is 18.0 Å². The summed E-state index contributed by atoms with van der Waals surface area (Å²) in [4.78, 5) is 26.7. The number of hydrogen-bond acceptors (Lipinski definition) is 7. The maximum absolute atomic E-state index is 11.5. The van der Waals surface area contributed by atoms with Crippen LogP contribution in [-0.4, -0.2) is 39.2 Å². The van der Waals surface area contributed by atoms with Crippen molar-refractivity contribution in [2.75, 3.05) is 17.2 Å². The van der Waals surface area contributed by atoms with Gasteiger partial charge in [-0.05, 0) is 39.3 Å². The van der Waals surface area contributed by atoms with Crippen molar-refractivity contribution in [2.24, 2.45) is 0 Å². The van der Waals surface area contributed by atoms with Gasteiger partial charge >= 0.3 is 6.01 Å². The van der Waals surface area contributed by atoms with E-state index in [1.54, 1.807) is 12.4 Å². The number of nitrogen functional groups attached to an aromatic ring is 1. The highest BCUT2D eigenvalue weighted by Gasteiger charge is 2.42. The van der Waals surface area contributed by atoms with Crippen LogP contribution in [0.15, 0.2) is 24.5 Å². The zero-order valence-corrected chi connectivity index (χ0v) is 16.2. The number of anilines is 2. The molecule has 0 aliphatic carbocycles. The molecule has 2 unspecified atom stereocenters. The summed E-state index contributed by atoms with van der Waals surface area (Å²) in [5.74, 6) is -0.0485. The van der Waals surface area contributed by atoms with E-state index in [1.807, 2.05) is 32.9 Å². The largest absolute Gasteiger partial charge is 0.437 e. The third-order valence-electron chi connectivity index (χ3n) is 4.88. The Balaban J connectivity index is 1.94. The van der Waals surface area contributed by atoms with Gasteiger partial charge in [0.15, 0.2) is 5.72 Å². The van der Waals surface area contributed by atoms with Crippen molar-refractivity contribution < 1.29 is 9.53 Å². The zero-order valence-electron chi connectivity index (χ0n) is 16.2. The molecule has 2 aromatic heterocycles. The summed E-state index contributed by atoms with van der Waals surface area (Å²) in [5, 5.41) is 3.00. The molecule has 1 aliphatic heterocycles. The molecule has 2 aromatic rings. The summed E-state index contributed by atoms with van der Waals surface area (Å²) >= 11 is 0. The Morgan fingerprint density at radius 3 is 2.67 bits per heavy atom. The number of nitrogens with two attached hydrogens (primary N) is 1. The average Bonchev–Trinajstić information content (AvgIpc) is 2.59. The molecule has 3 heterocycles. The fraction of sp³-hybridized carbons (Fsp3) is 0.474. The van der Waals surface area contributed by atoms with Crippen LogP contribution in [0.4, 0.5) is 11.4 Å². The minimum absolute atomic E-state index is 0.0106. The fourth-order valence-corrected chi connectivity index (χ4v) is 3.55. The number of nitrogens with one attached hydrogen (secondary N) is 1. The van der Waals surface area contributed by atoms with E-state index in [0.717, 1.165) is 12.1 Å². The molecule has 2 atom stereocenters. The van der Waals surface area contributed by atoms with Crippen LogP contribution in [-0.2, 0) is 4.79 Å². The van der Waals surface area contributed by atoms with Crippen molar-refractivity contribution >= 4 is 17.3 Å². The molecule has 8 heteroatoms. The van der Waals surface area contributed by atoms with E-state index in [1.165, 1.54) is 6.92 Å². The van der Waals surface area contributed by atoms with Crippen LogP contribution in [0.5, 0.6) is 6.01 Å². The predicted molar refractivity (Wildman–Crippen MR) is 103 cm³/mol. The number of nitrogens with zero attached hydrogens (tertiary/aromatic N) is 4. The lowest BCUT2D eigenvalue weighted by Crippen LogP contribution is -2.60.